The van der Waals surface area contributed by atoms with E-state index in [1.54, 1.807) is 6.07 Å². The number of hydrogen-bond donors (Lipinski definition) is 1. The molecule has 1 saturated carbocycles. The smallest absolute Gasteiger partial charge is 0.252 e. The first-order valence-electron chi connectivity index (χ1n) is 7.72. The third kappa shape index (κ3) is 2.87. The minimum atomic E-state index is -0.691. The zero-order valence-corrected chi connectivity index (χ0v) is 12.2. The molecule has 4 heteroatoms. The van der Waals surface area contributed by atoms with Gasteiger partial charge in [0.05, 0.1) is 12.7 Å². The first-order valence-corrected chi connectivity index (χ1v) is 7.72. The molecule has 1 aliphatic heterocycles. The second-order valence-electron chi connectivity index (χ2n) is 5.98. The standard InChI is InChI=1S/C17H20N2O2/c18-12-17(8-3-1-2-4-9-17)19-16(20)14-5-6-15-13(11-14)7-10-21-15/h5-6,11H,1-4,7-10H2,(H,19,20). The highest BCUT2D eigenvalue weighted by atomic mass is 16.5. The molecule has 21 heavy (non-hydrogen) atoms. The molecule has 1 heterocycles. The quantitative estimate of drug-likeness (QED) is 0.849. The van der Waals surface area contributed by atoms with E-state index in [0.717, 1.165) is 56.3 Å². The van der Waals surface area contributed by atoms with Crippen LogP contribution in [0.1, 0.15) is 54.4 Å². The van der Waals surface area contributed by atoms with Crippen LogP contribution in [0.4, 0.5) is 0 Å². The third-order valence-electron chi connectivity index (χ3n) is 4.48. The highest BCUT2D eigenvalue weighted by Gasteiger charge is 2.33. The van der Waals surface area contributed by atoms with E-state index in [4.69, 9.17) is 4.74 Å². The molecule has 0 unspecified atom stereocenters. The van der Waals surface area contributed by atoms with E-state index in [1.165, 1.54) is 0 Å². The number of nitriles is 1. The number of fused-ring (bicyclic) bond motifs is 1. The largest absolute Gasteiger partial charge is 0.493 e. The second-order valence-corrected chi connectivity index (χ2v) is 5.98. The minimum absolute atomic E-state index is 0.145. The Labute approximate surface area is 125 Å². The van der Waals surface area contributed by atoms with Crippen LogP contribution in [0.2, 0.25) is 0 Å². The van der Waals surface area contributed by atoms with Crippen molar-refractivity contribution in [2.24, 2.45) is 0 Å². The summed E-state index contributed by atoms with van der Waals surface area (Å²) in [6.07, 6.45) is 6.66. The predicted octanol–water partition coefficient (Wildman–Crippen LogP) is 2.97. The van der Waals surface area contributed by atoms with Crippen LogP contribution in [0.25, 0.3) is 0 Å². The average Bonchev–Trinajstić information content (AvgIpc) is 2.85. The predicted molar refractivity (Wildman–Crippen MR) is 79.2 cm³/mol. The molecular formula is C17H20N2O2. The summed E-state index contributed by atoms with van der Waals surface area (Å²) in [4.78, 5) is 12.5. The van der Waals surface area contributed by atoms with Crippen LogP contribution in [0, 0.1) is 11.3 Å². The van der Waals surface area contributed by atoms with Crippen molar-refractivity contribution in [1.82, 2.24) is 5.32 Å². The maximum Gasteiger partial charge on any atom is 0.252 e. The van der Waals surface area contributed by atoms with E-state index in [1.807, 2.05) is 12.1 Å². The fourth-order valence-electron chi connectivity index (χ4n) is 3.21. The molecule has 0 atom stereocenters. The molecule has 0 aromatic heterocycles. The molecule has 0 saturated heterocycles. The van der Waals surface area contributed by atoms with Crippen LogP contribution in [0.3, 0.4) is 0 Å². The van der Waals surface area contributed by atoms with E-state index in [0.29, 0.717) is 12.2 Å². The number of ether oxygens (including phenoxy) is 1. The van der Waals surface area contributed by atoms with Crippen LogP contribution < -0.4 is 10.1 Å². The number of hydrogen-bond acceptors (Lipinski definition) is 3. The highest BCUT2D eigenvalue weighted by Crippen LogP contribution is 2.28. The number of carbonyl (C=O) groups is 1. The Morgan fingerprint density at radius 1 is 1.24 bits per heavy atom. The normalized spacial score (nSPS) is 19.8. The number of carbonyl (C=O) groups excluding carboxylic acids is 1. The Morgan fingerprint density at radius 3 is 2.71 bits per heavy atom. The van der Waals surface area contributed by atoms with Crippen molar-refractivity contribution in [3.8, 4) is 11.8 Å². The number of amides is 1. The topological polar surface area (TPSA) is 62.1 Å². The summed E-state index contributed by atoms with van der Waals surface area (Å²) in [6, 6.07) is 7.87. The molecule has 1 amide bonds. The summed E-state index contributed by atoms with van der Waals surface area (Å²) in [7, 11) is 0. The SMILES string of the molecule is N#CC1(NC(=O)c2ccc3c(c2)CCO3)CCCCCC1. The zero-order valence-electron chi connectivity index (χ0n) is 12.2. The number of benzene rings is 1. The van der Waals surface area contributed by atoms with Gasteiger partial charge in [0.15, 0.2) is 0 Å². The lowest BCUT2D eigenvalue weighted by atomic mass is 9.91. The first kappa shape index (κ1) is 13.9. The van der Waals surface area contributed by atoms with Crippen LogP contribution in [-0.4, -0.2) is 18.1 Å². The third-order valence-corrected chi connectivity index (χ3v) is 4.48. The minimum Gasteiger partial charge on any atom is -0.493 e. The molecule has 1 fully saturated rings. The van der Waals surface area contributed by atoms with Crippen LogP contribution in [0.15, 0.2) is 18.2 Å². The molecule has 0 bridgehead atoms. The molecule has 0 spiro atoms. The van der Waals surface area contributed by atoms with E-state index < -0.39 is 5.54 Å². The Hall–Kier alpha value is -2.02. The van der Waals surface area contributed by atoms with Crippen LogP contribution in [-0.2, 0) is 6.42 Å². The fourth-order valence-corrected chi connectivity index (χ4v) is 3.21. The van der Waals surface area contributed by atoms with Crippen molar-refractivity contribution in [3.63, 3.8) is 0 Å². The van der Waals surface area contributed by atoms with Crippen molar-refractivity contribution in [2.75, 3.05) is 6.61 Å². The summed E-state index contributed by atoms with van der Waals surface area (Å²) >= 11 is 0. The van der Waals surface area contributed by atoms with Gasteiger partial charge < -0.3 is 10.1 Å². The molecule has 4 nitrogen and oxygen atoms in total. The maximum absolute atomic E-state index is 12.5. The van der Waals surface area contributed by atoms with E-state index in [2.05, 4.69) is 11.4 Å². The molecule has 1 aromatic carbocycles. The Bertz CT molecular complexity index is 581. The fraction of sp³-hybridized carbons (Fsp3) is 0.529. The van der Waals surface area contributed by atoms with Crippen molar-refractivity contribution >= 4 is 5.91 Å². The lowest BCUT2D eigenvalue weighted by molar-refractivity contribution is 0.0913. The van der Waals surface area contributed by atoms with Gasteiger partial charge in [-0.1, -0.05) is 25.7 Å². The molecule has 0 radical (unpaired) electrons. The summed E-state index contributed by atoms with van der Waals surface area (Å²) in [5.74, 6) is 0.726. The molecule has 2 aliphatic rings. The van der Waals surface area contributed by atoms with Gasteiger partial charge in [-0.2, -0.15) is 5.26 Å². The Kier molecular flexibility index (Phi) is 3.83. The highest BCUT2D eigenvalue weighted by molar-refractivity contribution is 5.95. The van der Waals surface area contributed by atoms with E-state index >= 15 is 0 Å². The number of nitrogens with one attached hydrogen (secondary N) is 1. The van der Waals surface area contributed by atoms with Crippen molar-refractivity contribution in [2.45, 2.75) is 50.5 Å². The van der Waals surface area contributed by atoms with Gasteiger partial charge in [-0.15, -0.1) is 0 Å². The van der Waals surface area contributed by atoms with Gasteiger partial charge in [-0.05, 0) is 36.6 Å². The summed E-state index contributed by atoms with van der Waals surface area (Å²) < 4.78 is 5.46. The van der Waals surface area contributed by atoms with Gasteiger partial charge in [0.25, 0.3) is 5.91 Å². The zero-order chi connectivity index (χ0) is 14.7. The molecule has 3 rings (SSSR count). The van der Waals surface area contributed by atoms with Crippen LogP contribution >= 0.6 is 0 Å². The van der Waals surface area contributed by atoms with Crippen molar-refractivity contribution < 1.29 is 9.53 Å². The second kappa shape index (κ2) is 5.77. The van der Waals surface area contributed by atoms with Crippen LogP contribution in [0.5, 0.6) is 5.75 Å². The van der Waals surface area contributed by atoms with Gasteiger partial charge >= 0.3 is 0 Å². The molecular weight excluding hydrogens is 264 g/mol. The van der Waals surface area contributed by atoms with Gasteiger partial charge in [0.1, 0.15) is 11.3 Å². The lowest BCUT2D eigenvalue weighted by Crippen LogP contribution is -2.47. The summed E-state index contributed by atoms with van der Waals surface area (Å²) in [5.41, 5.74) is 1.01. The summed E-state index contributed by atoms with van der Waals surface area (Å²) in [5, 5.41) is 12.5. The van der Waals surface area contributed by atoms with Crippen molar-refractivity contribution in [3.05, 3.63) is 29.3 Å². The van der Waals surface area contributed by atoms with Gasteiger partial charge in [-0.3, -0.25) is 4.79 Å². The van der Waals surface area contributed by atoms with E-state index in [9.17, 15) is 10.1 Å². The average molecular weight is 284 g/mol. The van der Waals surface area contributed by atoms with E-state index in [-0.39, 0.29) is 5.91 Å². The number of rotatable bonds is 2. The van der Waals surface area contributed by atoms with Gasteiger partial charge in [-0.25, -0.2) is 0 Å². The Balaban J connectivity index is 1.77. The molecule has 110 valence electrons. The van der Waals surface area contributed by atoms with Gasteiger partial charge in [0.2, 0.25) is 0 Å². The van der Waals surface area contributed by atoms with Gasteiger partial charge in [0, 0.05) is 12.0 Å². The first-order chi connectivity index (χ1) is 10.2. The van der Waals surface area contributed by atoms with Crippen molar-refractivity contribution in [1.29, 1.82) is 5.26 Å². The lowest BCUT2D eigenvalue weighted by Gasteiger charge is -2.26. The molecule has 1 N–H and O–H groups in total. The Morgan fingerprint density at radius 2 is 2.00 bits per heavy atom. The summed E-state index contributed by atoms with van der Waals surface area (Å²) in [6.45, 7) is 0.683. The maximum atomic E-state index is 12.5. The number of nitrogens with zero attached hydrogens (tertiary/aromatic N) is 1. The monoisotopic (exact) mass is 284 g/mol. The molecule has 1 aromatic rings. The molecule has 1 aliphatic carbocycles.